The van der Waals surface area contributed by atoms with Crippen molar-refractivity contribution in [2.24, 2.45) is 0 Å². The summed E-state index contributed by atoms with van der Waals surface area (Å²) in [6.07, 6.45) is 3.24. The van der Waals surface area contributed by atoms with Crippen LogP contribution in [0.3, 0.4) is 0 Å². The van der Waals surface area contributed by atoms with Crippen molar-refractivity contribution in [2.45, 2.75) is 50.6 Å². The van der Waals surface area contributed by atoms with Gasteiger partial charge in [0.15, 0.2) is 5.16 Å². The summed E-state index contributed by atoms with van der Waals surface area (Å²) in [6, 6.07) is 16.7. The van der Waals surface area contributed by atoms with E-state index in [1.807, 2.05) is 12.1 Å². The molecule has 0 aliphatic heterocycles. The molecule has 0 amide bonds. The Morgan fingerprint density at radius 2 is 1.65 bits per heavy atom. The number of unbranched alkanes of at least 4 members (excludes halogenated alkanes) is 1. The van der Waals surface area contributed by atoms with Crippen LogP contribution in [0.4, 0.5) is 5.69 Å². The smallest absolute Gasteiger partial charge is 0.191 e. The zero-order valence-electron chi connectivity index (χ0n) is 15.5. The summed E-state index contributed by atoms with van der Waals surface area (Å²) in [5.74, 6) is 1.96. The van der Waals surface area contributed by atoms with Crippen LogP contribution >= 0.6 is 11.8 Å². The van der Waals surface area contributed by atoms with Gasteiger partial charge in [-0.05, 0) is 36.6 Å². The number of hydrogen-bond donors (Lipinski definition) is 1. The van der Waals surface area contributed by atoms with Crippen molar-refractivity contribution in [3.05, 3.63) is 71.0 Å². The molecule has 26 heavy (non-hydrogen) atoms. The molecule has 2 N–H and O–H groups in total. The molecule has 0 fully saturated rings. The van der Waals surface area contributed by atoms with Crippen LogP contribution in [0, 0.1) is 6.92 Å². The van der Waals surface area contributed by atoms with Gasteiger partial charge in [-0.3, -0.25) is 0 Å². The highest BCUT2D eigenvalue weighted by molar-refractivity contribution is 7.98. The molecule has 3 aromatic rings. The molecule has 3 rings (SSSR count). The zero-order valence-corrected chi connectivity index (χ0v) is 16.3. The van der Waals surface area contributed by atoms with Crippen LogP contribution < -0.4 is 5.73 Å². The van der Waals surface area contributed by atoms with Gasteiger partial charge in [0.2, 0.25) is 0 Å². The molecule has 0 radical (unpaired) electrons. The second kappa shape index (κ2) is 8.90. The van der Waals surface area contributed by atoms with E-state index in [0.29, 0.717) is 0 Å². The van der Waals surface area contributed by atoms with Crippen molar-refractivity contribution in [3.8, 4) is 0 Å². The van der Waals surface area contributed by atoms with Gasteiger partial charge < -0.3 is 10.3 Å². The topological polar surface area (TPSA) is 56.7 Å². The van der Waals surface area contributed by atoms with Crippen molar-refractivity contribution in [1.29, 1.82) is 0 Å². The largest absolute Gasteiger partial charge is 0.399 e. The SMILES string of the molecule is CCCCc1nnc(SCc2ccc(C)cc2)n1Cc1ccc(N)cc1. The first-order chi connectivity index (χ1) is 12.7. The minimum Gasteiger partial charge on any atom is -0.399 e. The number of hydrogen-bond acceptors (Lipinski definition) is 4. The van der Waals surface area contributed by atoms with Crippen molar-refractivity contribution in [1.82, 2.24) is 14.8 Å². The first kappa shape index (κ1) is 18.5. The van der Waals surface area contributed by atoms with E-state index in [1.165, 1.54) is 16.7 Å². The Balaban J connectivity index is 1.78. The highest BCUT2D eigenvalue weighted by Crippen LogP contribution is 2.24. The lowest BCUT2D eigenvalue weighted by Gasteiger charge is -2.11. The number of aryl methyl sites for hydroxylation is 2. The Labute approximate surface area is 159 Å². The van der Waals surface area contributed by atoms with Crippen LogP contribution in [-0.4, -0.2) is 14.8 Å². The van der Waals surface area contributed by atoms with E-state index in [1.54, 1.807) is 11.8 Å². The van der Waals surface area contributed by atoms with E-state index in [0.717, 1.165) is 48.2 Å². The summed E-state index contributed by atoms with van der Waals surface area (Å²) in [5, 5.41) is 9.91. The lowest BCUT2D eigenvalue weighted by Crippen LogP contribution is -2.07. The van der Waals surface area contributed by atoms with Crippen molar-refractivity contribution in [2.75, 3.05) is 5.73 Å². The van der Waals surface area contributed by atoms with Crippen LogP contribution in [0.5, 0.6) is 0 Å². The molecular weight excluding hydrogens is 340 g/mol. The van der Waals surface area contributed by atoms with Crippen LogP contribution in [0.1, 0.15) is 42.3 Å². The van der Waals surface area contributed by atoms with Crippen LogP contribution in [0.25, 0.3) is 0 Å². The number of nitrogens with two attached hydrogens (primary N) is 1. The van der Waals surface area contributed by atoms with Gasteiger partial charge >= 0.3 is 0 Å². The molecule has 2 aromatic carbocycles. The molecule has 1 aromatic heterocycles. The fourth-order valence-electron chi connectivity index (χ4n) is 2.74. The van der Waals surface area contributed by atoms with Crippen LogP contribution in [0.15, 0.2) is 53.7 Å². The van der Waals surface area contributed by atoms with Crippen LogP contribution in [-0.2, 0) is 18.7 Å². The third-order valence-electron chi connectivity index (χ3n) is 4.36. The fourth-order valence-corrected chi connectivity index (χ4v) is 3.65. The molecule has 0 aliphatic carbocycles. The van der Waals surface area contributed by atoms with Gasteiger partial charge in [0, 0.05) is 17.9 Å². The van der Waals surface area contributed by atoms with Gasteiger partial charge in [-0.15, -0.1) is 10.2 Å². The molecule has 4 nitrogen and oxygen atoms in total. The third-order valence-corrected chi connectivity index (χ3v) is 5.39. The summed E-state index contributed by atoms with van der Waals surface area (Å²) in [5.41, 5.74) is 10.4. The van der Waals surface area contributed by atoms with E-state index in [2.05, 4.69) is 65.0 Å². The second-order valence-corrected chi connectivity index (χ2v) is 7.55. The summed E-state index contributed by atoms with van der Waals surface area (Å²) in [4.78, 5) is 0. The predicted octanol–water partition coefficient (Wildman–Crippen LogP) is 4.85. The number of benzene rings is 2. The van der Waals surface area contributed by atoms with E-state index in [9.17, 15) is 0 Å². The predicted molar refractivity (Wildman–Crippen MR) is 109 cm³/mol. The Kier molecular flexibility index (Phi) is 6.34. The lowest BCUT2D eigenvalue weighted by atomic mass is 10.2. The van der Waals surface area contributed by atoms with E-state index >= 15 is 0 Å². The van der Waals surface area contributed by atoms with E-state index in [-0.39, 0.29) is 0 Å². The van der Waals surface area contributed by atoms with Gasteiger partial charge in [-0.25, -0.2) is 0 Å². The minimum absolute atomic E-state index is 0.780. The monoisotopic (exact) mass is 366 g/mol. The first-order valence-corrected chi connectivity index (χ1v) is 10.1. The maximum absolute atomic E-state index is 5.81. The zero-order chi connectivity index (χ0) is 18.4. The number of rotatable bonds is 8. The van der Waals surface area contributed by atoms with Gasteiger partial charge in [-0.1, -0.05) is 67.1 Å². The fraction of sp³-hybridized carbons (Fsp3) is 0.333. The quantitative estimate of drug-likeness (QED) is 0.457. The van der Waals surface area contributed by atoms with E-state index in [4.69, 9.17) is 5.73 Å². The molecule has 0 spiro atoms. The molecule has 136 valence electrons. The molecule has 0 unspecified atom stereocenters. The van der Waals surface area contributed by atoms with Crippen molar-refractivity contribution < 1.29 is 0 Å². The maximum Gasteiger partial charge on any atom is 0.191 e. The Hall–Kier alpha value is -2.27. The molecule has 0 saturated carbocycles. The minimum atomic E-state index is 0.780. The number of nitrogen functional groups attached to an aromatic ring is 1. The van der Waals surface area contributed by atoms with Gasteiger partial charge in [0.25, 0.3) is 0 Å². The highest BCUT2D eigenvalue weighted by atomic mass is 32.2. The van der Waals surface area contributed by atoms with Gasteiger partial charge in [-0.2, -0.15) is 0 Å². The Morgan fingerprint density at radius 1 is 0.962 bits per heavy atom. The summed E-state index contributed by atoms with van der Waals surface area (Å²) in [7, 11) is 0. The summed E-state index contributed by atoms with van der Waals surface area (Å²) >= 11 is 1.75. The average Bonchev–Trinajstić information content (AvgIpc) is 3.03. The van der Waals surface area contributed by atoms with Crippen LogP contribution in [0.2, 0.25) is 0 Å². The molecule has 0 atom stereocenters. The summed E-state index contributed by atoms with van der Waals surface area (Å²) < 4.78 is 2.25. The highest BCUT2D eigenvalue weighted by Gasteiger charge is 2.13. The normalized spacial score (nSPS) is 11.0. The number of anilines is 1. The van der Waals surface area contributed by atoms with Crippen molar-refractivity contribution in [3.63, 3.8) is 0 Å². The Morgan fingerprint density at radius 3 is 2.35 bits per heavy atom. The van der Waals surface area contributed by atoms with Gasteiger partial charge in [0.1, 0.15) is 5.82 Å². The molecule has 0 saturated heterocycles. The molecule has 0 aliphatic rings. The maximum atomic E-state index is 5.81. The molecule has 5 heteroatoms. The Bertz CT molecular complexity index is 822. The molecular formula is C21H26N4S. The molecule has 1 heterocycles. The van der Waals surface area contributed by atoms with E-state index < -0.39 is 0 Å². The third kappa shape index (κ3) is 4.88. The lowest BCUT2D eigenvalue weighted by molar-refractivity contribution is 0.642. The standard InChI is InChI=1S/C21H26N4S/c1-3-4-5-20-23-24-21(26-15-18-8-6-16(2)7-9-18)25(20)14-17-10-12-19(22)13-11-17/h6-13H,3-5,14-15,22H2,1-2H3. The van der Waals surface area contributed by atoms with Gasteiger partial charge in [0.05, 0.1) is 6.54 Å². The van der Waals surface area contributed by atoms with Crippen molar-refractivity contribution >= 4 is 17.4 Å². The summed E-state index contributed by atoms with van der Waals surface area (Å²) in [6.45, 7) is 5.09. The first-order valence-electron chi connectivity index (χ1n) is 9.10. The second-order valence-electron chi connectivity index (χ2n) is 6.60. The number of thioether (sulfide) groups is 1. The number of aromatic nitrogens is 3. The average molecular weight is 367 g/mol. The molecule has 0 bridgehead atoms. The number of nitrogens with zero attached hydrogens (tertiary/aromatic N) is 3.